The molecule has 6 heterocycles. The van der Waals surface area contributed by atoms with E-state index in [9.17, 15) is 9.59 Å². The number of carboxylic acid groups (broad SMARTS) is 1. The topological polar surface area (TPSA) is 221 Å². The normalized spacial score (nSPS) is 15.6. The Morgan fingerprint density at radius 3 is 1.76 bits per heavy atom. The van der Waals surface area contributed by atoms with Crippen LogP contribution in [-0.2, 0) is 22.7 Å². The smallest absolute Gasteiger partial charge is 0.316 e. The van der Waals surface area contributed by atoms with Crippen molar-refractivity contribution in [2.75, 3.05) is 22.1 Å². The quantitative estimate of drug-likeness (QED) is 0.0963. The van der Waals surface area contributed by atoms with Gasteiger partial charge in [-0.3, -0.25) is 24.1 Å². The maximum atomic E-state index is 11.6. The number of hydrogen-bond acceptors (Lipinski definition) is 10. The van der Waals surface area contributed by atoms with Crippen LogP contribution in [0, 0.1) is 17.8 Å². The summed E-state index contributed by atoms with van der Waals surface area (Å²) in [4.78, 5) is 32.8. The van der Waals surface area contributed by atoms with Crippen LogP contribution >= 0.6 is 47.8 Å². The predicted molar refractivity (Wildman–Crippen MR) is 223 cm³/mol. The molecular formula is C36H45Br3N12O3. The van der Waals surface area contributed by atoms with Crippen LogP contribution in [0.5, 0.6) is 0 Å². The molecule has 0 saturated heterocycles. The Hall–Kier alpha value is -4.16. The van der Waals surface area contributed by atoms with E-state index in [-0.39, 0.29) is 10.7 Å². The van der Waals surface area contributed by atoms with E-state index in [0.29, 0.717) is 17.5 Å². The van der Waals surface area contributed by atoms with E-state index in [2.05, 4.69) is 88.5 Å². The Labute approximate surface area is 337 Å². The highest BCUT2D eigenvalue weighted by Crippen LogP contribution is 2.32. The summed E-state index contributed by atoms with van der Waals surface area (Å²) in [6.07, 6.45) is 18.8. The molecule has 2 atom stereocenters. The largest absolute Gasteiger partial charge is 0.480 e. The van der Waals surface area contributed by atoms with Gasteiger partial charge in [0.05, 0.1) is 58.6 Å². The van der Waals surface area contributed by atoms with Crippen LogP contribution in [0.4, 0.5) is 17.5 Å². The van der Waals surface area contributed by atoms with E-state index < -0.39 is 10.8 Å². The van der Waals surface area contributed by atoms with Gasteiger partial charge in [0, 0.05) is 34.6 Å². The molecule has 3 saturated carbocycles. The third kappa shape index (κ3) is 13.0. The van der Waals surface area contributed by atoms with E-state index in [4.69, 9.17) is 16.6 Å². The zero-order valence-corrected chi connectivity index (χ0v) is 34.8. The fraction of sp³-hybridized carbons (Fsp3) is 0.444. The summed E-state index contributed by atoms with van der Waals surface area (Å²) in [5.74, 6) is 3.38. The maximum absolute atomic E-state index is 11.6. The fourth-order valence-corrected chi connectivity index (χ4v) is 5.54. The number of nitrogens with two attached hydrogens (primary N) is 2. The number of carbonyl (C=O) groups is 2. The molecule has 54 heavy (non-hydrogen) atoms. The number of halogens is 3. The summed E-state index contributed by atoms with van der Waals surface area (Å²) in [5.41, 5.74) is 14.1. The van der Waals surface area contributed by atoms with Crippen molar-refractivity contribution in [3.05, 3.63) is 55.4 Å². The molecule has 6 aromatic rings. The molecule has 9 rings (SSSR count). The minimum Gasteiger partial charge on any atom is -0.480 e. The molecule has 7 N–H and O–H groups in total. The molecule has 18 heteroatoms. The monoisotopic (exact) mass is 930 g/mol. The zero-order chi connectivity index (χ0) is 38.8. The number of fused-ring (bicyclic) bond motifs is 3. The van der Waals surface area contributed by atoms with Crippen molar-refractivity contribution in [1.29, 1.82) is 0 Å². The summed E-state index contributed by atoms with van der Waals surface area (Å²) in [7, 11) is 0. The van der Waals surface area contributed by atoms with Crippen molar-refractivity contribution in [3.8, 4) is 0 Å². The lowest BCUT2D eigenvalue weighted by Crippen LogP contribution is -2.20. The van der Waals surface area contributed by atoms with Gasteiger partial charge in [-0.05, 0) is 88.3 Å². The van der Waals surface area contributed by atoms with Gasteiger partial charge in [-0.1, -0.05) is 47.8 Å². The molecule has 3 aliphatic carbocycles. The summed E-state index contributed by atoms with van der Waals surface area (Å²) in [6, 6.07) is 5.50. The number of alkyl halides is 3. The Morgan fingerprint density at radius 1 is 0.778 bits per heavy atom. The fourth-order valence-electron chi connectivity index (χ4n) is 4.78. The van der Waals surface area contributed by atoms with Gasteiger partial charge in [0.1, 0.15) is 22.3 Å². The van der Waals surface area contributed by atoms with Crippen molar-refractivity contribution < 1.29 is 14.7 Å². The number of H-pyrrole nitrogens is 1. The second-order valence-corrected chi connectivity index (χ2v) is 17.0. The Balaban J connectivity index is 0.000000141. The molecule has 0 spiro atoms. The Kier molecular flexibility index (Phi) is 14.8. The average Bonchev–Trinajstić information content (AvgIpc) is 4.10. The highest BCUT2D eigenvalue weighted by Gasteiger charge is 2.24. The van der Waals surface area contributed by atoms with Gasteiger partial charge in [0.2, 0.25) is 5.91 Å². The van der Waals surface area contributed by atoms with Gasteiger partial charge in [-0.15, -0.1) is 0 Å². The summed E-state index contributed by atoms with van der Waals surface area (Å²) < 4.78 is 4.03. The van der Waals surface area contributed by atoms with Crippen molar-refractivity contribution in [1.82, 2.24) is 44.7 Å². The third-order valence-corrected chi connectivity index (χ3v) is 10.3. The molecule has 288 valence electrons. The molecule has 2 unspecified atom stereocenters. The molecule has 1 amide bonds. The minimum absolute atomic E-state index is 0.0998. The van der Waals surface area contributed by atoms with Crippen LogP contribution in [0.2, 0.25) is 0 Å². The van der Waals surface area contributed by atoms with Gasteiger partial charge in [0.15, 0.2) is 0 Å². The van der Waals surface area contributed by atoms with Gasteiger partial charge in [-0.25, -0.2) is 15.0 Å². The van der Waals surface area contributed by atoms with E-state index >= 15 is 0 Å². The lowest BCUT2D eigenvalue weighted by Gasteiger charge is -2.06. The molecule has 15 nitrogen and oxygen atoms in total. The van der Waals surface area contributed by atoms with Crippen LogP contribution in [0.3, 0.4) is 0 Å². The van der Waals surface area contributed by atoms with Gasteiger partial charge < -0.3 is 21.9 Å². The number of carboxylic acids is 1. The number of rotatable bonds is 8. The van der Waals surface area contributed by atoms with Crippen molar-refractivity contribution in [2.24, 2.45) is 17.8 Å². The van der Waals surface area contributed by atoms with Gasteiger partial charge in [-0.2, -0.15) is 15.3 Å². The number of carbonyl (C=O) groups excluding carboxylic acids is 1. The summed E-state index contributed by atoms with van der Waals surface area (Å²) in [6.45, 7) is 5.33. The predicted octanol–water partition coefficient (Wildman–Crippen LogP) is 7.17. The van der Waals surface area contributed by atoms with E-state index in [0.717, 1.165) is 63.6 Å². The highest BCUT2D eigenvalue weighted by molar-refractivity contribution is 9.10. The zero-order valence-electron chi connectivity index (χ0n) is 30.1. The first-order chi connectivity index (χ1) is 25.9. The number of pyridine rings is 3. The molecule has 0 aromatic carbocycles. The Bertz CT molecular complexity index is 2140. The third-order valence-electron chi connectivity index (χ3n) is 8.55. The molecule has 3 aliphatic rings. The first-order valence-corrected chi connectivity index (χ1v) is 20.7. The first-order valence-electron chi connectivity index (χ1n) is 17.7. The number of nitrogens with one attached hydrogen (secondary N) is 2. The highest BCUT2D eigenvalue weighted by atomic mass is 79.9. The number of aromatic amines is 1. The molecular weight excluding hydrogens is 888 g/mol. The number of nitrogen functional groups attached to an aromatic ring is 2. The molecule has 0 radical (unpaired) electrons. The van der Waals surface area contributed by atoms with Crippen molar-refractivity contribution in [2.45, 2.75) is 75.1 Å². The number of anilines is 3. The van der Waals surface area contributed by atoms with Crippen molar-refractivity contribution in [3.63, 3.8) is 0 Å². The van der Waals surface area contributed by atoms with Crippen LogP contribution in [-0.4, -0.2) is 76.7 Å². The van der Waals surface area contributed by atoms with E-state index in [1.807, 2.05) is 33.9 Å². The van der Waals surface area contributed by atoms with Crippen LogP contribution in [0.25, 0.3) is 32.7 Å². The number of nitrogens with zero attached hydrogens (tertiary/aromatic N) is 8. The second-order valence-electron chi connectivity index (χ2n) is 13.6. The second kappa shape index (κ2) is 19.4. The molecule has 0 bridgehead atoms. The van der Waals surface area contributed by atoms with Gasteiger partial charge in [0.25, 0.3) is 0 Å². The molecule has 6 aromatic heterocycles. The minimum atomic E-state index is -0.824. The van der Waals surface area contributed by atoms with E-state index in [1.54, 1.807) is 44.7 Å². The number of aromatic nitrogens is 9. The lowest BCUT2D eigenvalue weighted by atomic mass is 10.3. The van der Waals surface area contributed by atoms with Crippen LogP contribution < -0.4 is 16.8 Å². The molecule has 0 aliphatic heterocycles. The van der Waals surface area contributed by atoms with Gasteiger partial charge >= 0.3 is 5.97 Å². The lowest BCUT2D eigenvalue weighted by molar-refractivity contribution is -0.135. The number of aliphatic carboxylic acids is 1. The number of hydrogen-bond donors (Lipinski definition) is 5. The van der Waals surface area contributed by atoms with Crippen LogP contribution in [0.1, 0.15) is 52.4 Å². The first kappa shape index (κ1) is 41.0. The average molecular weight is 934 g/mol. The Morgan fingerprint density at radius 2 is 1.28 bits per heavy atom. The summed E-state index contributed by atoms with van der Waals surface area (Å²) >= 11 is 9.44. The SMILES string of the molecule is BrCC1CC1.CC(Br)C(=O)Nc1cc2cnn(CC3CC3)c2cn1.CC(Br)C(=O)O.Nc1cc2cn[nH]c2cn1.Nc1cc2cnn(CC3CC3)c2cn1. The van der Waals surface area contributed by atoms with Crippen LogP contribution in [0.15, 0.2) is 55.4 Å². The van der Waals surface area contributed by atoms with Crippen molar-refractivity contribution >= 4 is 110 Å². The summed E-state index contributed by atoms with van der Waals surface area (Å²) in [5, 5.41) is 30.3. The van der Waals surface area contributed by atoms with E-state index in [1.165, 1.54) is 43.9 Å². The number of amides is 1. The molecule has 3 fully saturated rings. The maximum Gasteiger partial charge on any atom is 0.316 e. The standard InChI is InChI=1S/C13H15BrN4O.C10H12N4.C6H6N4.C4H7Br.C3H5BrO2/c1-8(14)13(19)17-12-4-10-5-16-18(7-9-2-3-9)11(10)6-15-12;11-10-3-8-4-13-14(6-7-1-2-7)9(8)5-12-10;7-6-1-4-2-9-10-5(4)3-8-6;5-3-4-1-2-4;1-2(4)3(5)6/h4-6,8-9H,2-3,7H2,1H3,(H,15,17,19);3-5,7H,1-2,6H2,(H2,11,12);1-3H,(H2,7,8)(H,9,10);4H,1-3H2;2H,1H3,(H,5,6).